The molecule has 1 aliphatic carbocycles. The molecule has 1 aromatic carbocycles. The number of fused-ring (bicyclic) bond motifs is 1. The van der Waals surface area contributed by atoms with Crippen molar-refractivity contribution in [3.8, 4) is 0 Å². The topological polar surface area (TPSA) is 71.8 Å². The van der Waals surface area contributed by atoms with E-state index in [1.807, 2.05) is 19.1 Å². The normalized spacial score (nSPS) is 22.2. The van der Waals surface area contributed by atoms with Crippen molar-refractivity contribution in [1.82, 2.24) is 9.97 Å². The van der Waals surface area contributed by atoms with Gasteiger partial charge in [0.2, 0.25) is 0 Å². The van der Waals surface area contributed by atoms with Crippen LogP contribution in [-0.2, 0) is 11.8 Å². The summed E-state index contributed by atoms with van der Waals surface area (Å²) in [5.41, 5.74) is 8.64. The first kappa shape index (κ1) is 11.0. The number of Topliss-reactive ketones (excluding diaryl/α,β-unsaturated/α-hetero) is 1. The molecule has 0 saturated heterocycles. The average molecular weight is 241 g/mol. The third kappa shape index (κ3) is 1.32. The van der Waals surface area contributed by atoms with E-state index in [1.165, 1.54) is 0 Å². The zero-order chi connectivity index (χ0) is 12.8. The second-order valence-electron chi connectivity index (χ2n) is 4.82. The summed E-state index contributed by atoms with van der Waals surface area (Å²) in [4.78, 5) is 19.8. The number of H-pyrrole nitrogens is 1. The smallest absolute Gasteiger partial charge is 0.175 e. The molecule has 0 amide bonds. The van der Waals surface area contributed by atoms with Crippen LogP contribution in [-0.4, -0.2) is 15.8 Å². The number of rotatable bonds is 2. The third-order valence-electron chi connectivity index (χ3n) is 3.92. The Labute approximate surface area is 105 Å². The van der Waals surface area contributed by atoms with E-state index in [1.54, 1.807) is 18.6 Å². The maximum atomic E-state index is 12.7. The van der Waals surface area contributed by atoms with Gasteiger partial charge in [-0.25, -0.2) is 4.98 Å². The summed E-state index contributed by atoms with van der Waals surface area (Å²) >= 11 is 0. The lowest BCUT2D eigenvalue weighted by atomic mass is 9.78. The number of nitrogens with zero attached hydrogens (tertiary/aromatic N) is 1. The predicted molar refractivity (Wildman–Crippen MR) is 69.4 cm³/mol. The van der Waals surface area contributed by atoms with Gasteiger partial charge in [-0.3, -0.25) is 4.79 Å². The number of hydrogen-bond acceptors (Lipinski definition) is 3. The number of nitrogens with one attached hydrogen (secondary N) is 1. The zero-order valence-corrected chi connectivity index (χ0v) is 10.2. The quantitative estimate of drug-likeness (QED) is 0.791. The Balaban J connectivity index is 2.15. The highest BCUT2D eigenvalue weighted by atomic mass is 16.1. The van der Waals surface area contributed by atoms with E-state index in [9.17, 15) is 4.79 Å². The van der Waals surface area contributed by atoms with Crippen LogP contribution in [0.3, 0.4) is 0 Å². The van der Waals surface area contributed by atoms with Crippen LogP contribution in [0.1, 0.15) is 35.0 Å². The van der Waals surface area contributed by atoms with E-state index in [0.717, 1.165) is 29.7 Å². The van der Waals surface area contributed by atoms with Crippen LogP contribution in [0.4, 0.5) is 5.69 Å². The lowest BCUT2D eigenvalue weighted by Crippen LogP contribution is -2.32. The summed E-state index contributed by atoms with van der Waals surface area (Å²) in [6, 6.07) is 5.59. The van der Waals surface area contributed by atoms with E-state index in [0.29, 0.717) is 5.69 Å². The van der Waals surface area contributed by atoms with Gasteiger partial charge in [-0.1, -0.05) is 13.0 Å². The van der Waals surface area contributed by atoms with Crippen LogP contribution < -0.4 is 5.73 Å². The number of nitrogen functional groups attached to an aromatic ring is 1. The molecule has 2 aromatic rings. The summed E-state index contributed by atoms with van der Waals surface area (Å²) < 4.78 is 0. The summed E-state index contributed by atoms with van der Waals surface area (Å²) in [6.45, 7) is 2.04. The zero-order valence-electron chi connectivity index (χ0n) is 10.2. The van der Waals surface area contributed by atoms with E-state index in [4.69, 9.17) is 5.73 Å². The van der Waals surface area contributed by atoms with Crippen molar-refractivity contribution < 1.29 is 4.79 Å². The molecule has 0 radical (unpaired) electrons. The van der Waals surface area contributed by atoms with Gasteiger partial charge in [0.05, 0.1) is 11.7 Å². The van der Waals surface area contributed by atoms with Gasteiger partial charge in [-0.15, -0.1) is 0 Å². The fourth-order valence-electron chi connectivity index (χ4n) is 2.83. The van der Waals surface area contributed by atoms with E-state index >= 15 is 0 Å². The lowest BCUT2D eigenvalue weighted by Gasteiger charge is -2.23. The van der Waals surface area contributed by atoms with Crippen LogP contribution in [0, 0.1) is 0 Å². The molecule has 1 atom stereocenters. The second kappa shape index (κ2) is 3.70. The van der Waals surface area contributed by atoms with Gasteiger partial charge in [-0.2, -0.15) is 0 Å². The highest BCUT2D eigenvalue weighted by molar-refractivity contribution is 6.08. The lowest BCUT2D eigenvalue weighted by molar-refractivity contribution is 0.0895. The van der Waals surface area contributed by atoms with Crippen molar-refractivity contribution in [2.45, 2.75) is 25.2 Å². The van der Waals surface area contributed by atoms with Crippen LogP contribution in [0.25, 0.3) is 0 Å². The van der Waals surface area contributed by atoms with E-state index < -0.39 is 5.41 Å². The maximum absolute atomic E-state index is 12.7. The number of ketones is 1. The SMILES string of the molecule is CCC1(c2cnc[nH]2)Cc2ccc(N)cc2C1=O. The Kier molecular flexibility index (Phi) is 2.26. The molecular formula is C14H15N3O. The van der Waals surface area contributed by atoms with Gasteiger partial charge in [0.1, 0.15) is 0 Å². The molecule has 4 heteroatoms. The number of anilines is 1. The molecule has 1 unspecified atom stereocenters. The van der Waals surface area contributed by atoms with Crippen molar-refractivity contribution in [3.63, 3.8) is 0 Å². The van der Waals surface area contributed by atoms with Crippen LogP contribution in [0.5, 0.6) is 0 Å². The van der Waals surface area contributed by atoms with Gasteiger partial charge in [0.25, 0.3) is 0 Å². The molecule has 1 aliphatic rings. The Bertz CT molecular complexity index is 604. The number of aromatic nitrogens is 2. The largest absolute Gasteiger partial charge is 0.399 e. The van der Waals surface area contributed by atoms with Crippen LogP contribution >= 0.6 is 0 Å². The minimum Gasteiger partial charge on any atom is -0.399 e. The summed E-state index contributed by atoms with van der Waals surface area (Å²) in [7, 11) is 0. The number of aromatic amines is 1. The molecule has 0 spiro atoms. The van der Waals surface area contributed by atoms with Gasteiger partial charge >= 0.3 is 0 Å². The first-order chi connectivity index (χ1) is 8.67. The molecule has 3 rings (SSSR count). The first-order valence-corrected chi connectivity index (χ1v) is 6.09. The monoisotopic (exact) mass is 241 g/mol. The number of carbonyl (C=O) groups is 1. The first-order valence-electron chi connectivity index (χ1n) is 6.09. The predicted octanol–water partition coefficient (Wildman–Crippen LogP) is 2.08. The van der Waals surface area contributed by atoms with Crippen molar-refractivity contribution in [3.05, 3.63) is 47.5 Å². The standard InChI is InChI=1S/C14H15N3O/c1-2-14(12-7-16-8-17-12)6-9-3-4-10(15)5-11(9)13(14)18/h3-5,7-8H,2,6,15H2,1H3,(H,16,17). The van der Waals surface area contributed by atoms with E-state index in [2.05, 4.69) is 9.97 Å². The summed E-state index contributed by atoms with van der Waals surface area (Å²) in [5, 5.41) is 0. The Morgan fingerprint density at radius 3 is 3.00 bits per heavy atom. The molecule has 1 aromatic heterocycles. The van der Waals surface area contributed by atoms with Gasteiger partial charge < -0.3 is 10.7 Å². The Morgan fingerprint density at radius 2 is 2.33 bits per heavy atom. The molecular weight excluding hydrogens is 226 g/mol. The van der Waals surface area contributed by atoms with Gasteiger partial charge in [0.15, 0.2) is 5.78 Å². The van der Waals surface area contributed by atoms with Crippen molar-refractivity contribution in [1.29, 1.82) is 0 Å². The molecule has 92 valence electrons. The number of imidazole rings is 1. The molecule has 0 bridgehead atoms. The highest BCUT2D eigenvalue weighted by Crippen LogP contribution is 2.41. The number of benzene rings is 1. The average Bonchev–Trinajstić information content (AvgIpc) is 2.98. The number of hydrogen-bond donors (Lipinski definition) is 2. The molecule has 0 aliphatic heterocycles. The molecule has 3 N–H and O–H groups in total. The second-order valence-corrected chi connectivity index (χ2v) is 4.82. The van der Waals surface area contributed by atoms with Crippen LogP contribution in [0.2, 0.25) is 0 Å². The number of nitrogens with two attached hydrogens (primary N) is 1. The molecule has 18 heavy (non-hydrogen) atoms. The molecule has 4 nitrogen and oxygen atoms in total. The Hall–Kier alpha value is -2.10. The molecule has 0 fully saturated rings. The summed E-state index contributed by atoms with van der Waals surface area (Å²) in [5.74, 6) is 0.150. The van der Waals surface area contributed by atoms with Gasteiger partial charge in [-0.05, 0) is 30.5 Å². The fourth-order valence-corrected chi connectivity index (χ4v) is 2.83. The summed E-state index contributed by atoms with van der Waals surface area (Å²) in [6.07, 6.45) is 4.84. The Morgan fingerprint density at radius 1 is 1.50 bits per heavy atom. The van der Waals surface area contributed by atoms with Gasteiger partial charge in [0, 0.05) is 23.1 Å². The molecule has 1 heterocycles. The highest BCUT2D eigenvalue weighted by Gasteiger charge is 2.46. The minimum absolute atomic E-state index is 0.150. The van der Waals surface area contributed by atoms with E-state index in [-0.39, 0.29) is 5.78 Å². The minimum atomic E-state index is -0.493. The third-order valence-corrected chi connectivity index (χ3v) is 3.92. The molecule has 0 saturated carbocycles. The fraction of sp³-hybridized carbons (Fsp3) is 0.286. The maximum Gasteiger partial charge on any atom is 0.175 e. The van der Waals surface area contributed by atoms with Crippen LogP contribution in [0.15, 0.2) is 30.7 Å². The van der Waals surface area contributed by atoms with Crippen molar-refractivity contribution >= 4 is 11.5 Å². The van der Waals surface area contributed by atoms with Crippen molar-refractivity contribution in [2.24, 2.45) is 0 Å². The number of carbonyl (C=O) groups excluding carboxylic acids is 1. The van der Waals surface area contributed by atoms with Crippen molar-refractivity contribution in [2.75, 3.05) is 5.73 Å².